The minimum Gasteiger partial charge on any atom is -0.497 e. The van der Waals surface area contributed by atoms with Gasteiger partial charge in [-0.15, -0.1) is 12.4 Å². The van der Waals surface area contributed by atoms with E-state index in [1.807, 2.05) is 49.4 Å². The van der Waals surface area contributed by atoms with Crippen molar-refractivity contribution in [3.63, 3.8) is 0 Å². The summed E-state index contributed by atoms with van der Waals surface area (Å²) in [5, 5.41) is 12.9. The highest BCUT2D eigenvalue weighted by atomic mass is 35.5. The quantitative estimate of drug-likeness (QED) is 0.850. The lowest BCUT2D eigenvalue weighted by Gasteiger charge is -2.25. The van der Waals surface area contributed by atoms with Crippen LogP contribution in [0.4, 0.5) is 5.69 Å². The molecule has 0 amide bonds. The second-order valence-electron chi connectivity index (χ2n) is 4.92. The number of anilines is 1. The van der Waals surface area contributed by atoms with Crippen LogP contribution in [0.1, 0.15) is 18.5 Å². The zero-order valence-electron chi connectivity index (χ0n) is 12.3. The Morgan fingerprint density at radius 2 is 1.67 bits per heavy atom. The largest absolute Gasteiger partial charge is 0.497 e. The molecular weight excluding hydrogens is 286 g/mol. The Morgan fingerprint density at radius 1 is 1.05 bits per heavy atom. The molecule has 0 unspecified atom stereocenters. The summed E-state index contributed by atoms with van der Waals surface area (Å²) >= 11 is 0. The molecule has 0 bridgehead atoms. The van der Waals surface area contributed by atoms with Gasteiger partial charge >= 0.3 is 0 Å². The Balaban J connectivity index is 0.00000220. The standard InChI is InChI=1S/C17H21NO2.ClH/c1-13(12-19)17(14-6-4-3-5-7-14)18-15-8-10-16(20-2)11-9-15;/h3-11,13,17-19H,12H2,1-2H3;1H/t13-,17+;/m1./s1. The molecule has 0 aliphatic carbocycles. The van der Waals surface area contributed by atoms with Crippen molar-refractivity contribution in [2.45, 2.75) is 13.0 Å². The van der Waals surface area contributed by atoms with Gasteiger partial charge in [0, 0.05) is 18.2 Å². The Labute approximate surface area is 132 Å². The molecule has 2 atom stereocenters. The van der Waals surface area contributed by atoms with Crippen LogP contribution in [-0.2, 0) is 0 Å². The number of hydrogen-bond acceptors (Lipinski definition) is 3. The normalized spacial score (nSPS) is 12.9. The van der Waals surface area contributed by atoms with Gasteiger partial charge in [0.2, 0.25) is 0 Å². The van der Waals surface area contributed by atoms with Crippen molar-refractivity contribution in [1.82, 2.24) is 0 Å². The molecule has 114 valence electrons. The predicted molar refractivity (Wildman–Crippen MR) is 89.3 cm³/mol. The van der Waals surface area contributed by atoms with E-state index in [0.717, 1.165) is 11.4 Å². The number of aliphatic hydroxyl groups excluding tert-OH is 1. The monoisotopic (exact) mass is 307 g/mol. The number of methoxy groups -OCH3 is 1. The maximum atomic E-state index is 9.47. The van der Waals surface area contributed by atoms with E-state index in [4.69, 9.17) is 4.74 Å². The van der Waals surface area contributed by atoms with Crippen molar-refractivity contribution >= 4 is 18.1 Å². The first-order valence-electron chi connectivity index (χ1n) is 6.81. The van der Waals surface area contributed by atoms with Crippen molar-refractivity contribution in [3.05, 3.63) is 60.2 Å². The van der Waals surface area contributed by atoms with Crippen LogP contribution in [0.3, 0.4) is 0 Å². The first kappa shape index (κ1) is 17.3. The van der Waals surface area contributed by atoms with Crippen LogP contribution >= 0.6 is 12.4 Å². The molecule has 2 rings (SSSR count). The molecular formula is C17H22ClNO2. The lowest BCUT2D eigenvalue weighted by Crippen LogP contribution is -2.21. The Morgan fingerprint density at radius 3 is 2.19 bits per heavy atom. The summed E-state index contributed by atoms with van der Waals surface area (Å²) in [6.07, 6.45) is 0. The Kier molecular flexibility index (Phi) is 7.06. The minimum absolute atomic E-state index is 0. The van der Waals surface area contributed by atoms with E-state index < -0.39 is 0 Å². The number of nitrogens with one attached hydrogen (secondary N) is 1. The van der Waals surface area contributed by atoms with Crippen LogP contribution in [0.2, 0.25) is 0 Å². The lowest BCUT2D eigenvalue weighted by atomic mass is 9.95. The summed E-state index contributed by atoms with van der Waals surface area (Å²) in [6.45, 7) is 2.18. The van der Waals surface area contributed by atoms with Gasteiger partial charge in [-0.2, -0.15) is 0 Å². The van der Waals surface area contributed by atoms with Gasteiger partial charge in [0.25, 0.3) is 0 Å². The molecule has 0 aromatic heterocycles. The fourth-order valence-corrected chi connectivity index (χ4v) is 2.19. The summed E-state index contributed by atoms with van der Waals surface area (Å²) < 4.78 is 5.16. The van der Waals surface area contributed by atoms with Crippen LogP contribution in [0, 0.1) is 5.92 Å². The third-order valence-corrected chi connectivity index (χ3v) is 3.43. The number of aliphatic hydroxyl groups is 1. The van der Waals surface area contributed by atoms with Gasteiger partial charge in [0.1, 0.15) is 5.75 Å². The van der Waals surface area contributed by atoms with Crippen LogP contribution in [-0.4, -0.2) is 18.8 Å². The topological polar surface area (TPSA) is 41.5 Å². The molecule has 0 radical (unpaired) electrons. The van der Waals surface area contributed by atoms with E-state index in [-0.39, 0.29) is 31.0 Å². The summed E-state index contributed by atoms with van der Waals surface area (Å²) in [5.74, 6) is 0.960. The fraction of sp³-hybridized carbons (Fsp3) is 0.294. The van der Waals surface area contributed by atoms with Crippen LogP contribution in [0.5, 0.6) is 5.75 Å². The second-order valence-corrected chi connectivity index (χ2v) is 4.92. The van der Waals surface area contributed by atoms with Gasteiger partial charge in [-0.3, -0.25) is 0 Å². The van der Waals surface area contributed by atoms with Crippen LogP contribution < -0.4 is 10.1 Å². The van der Waals surface area contributed by atoms with E-state index in [1.54, 1.807) is 7.11 Å². The molecule has 4 heteroatoms. The third kappa shape index (κ3) is 4.66. The number of benzene rings is 2. The van der Waals surface area contributed by atoms with Crippen LogP contribution in [0.25, 0.3) is 0 Å². The number of halogens is 1. The average molecular weight is 308 g/mol. The zero-order valence-corrected chi connectivity index (χ0v) is 13.1. The maximum absolute atomic E-state index is 9.47. The first-order valence-corrected chi connectivity index (χ1v) is 6.81. The van der Waals surface area contributed by atoms with Gasteiger partial charge in [0.15, 0.2) is 0 Å². The fourth-order valence-electron chi connectivity index (χ4n) is 2.19. The first-order chi connectivity index (χ1) is 9.74. The molecule has 0 aliphatic rings. The molecule has 3 nitrogen and oxygen atoms in total. The van der Waals surface area contributed by atoms with Gasteiger partial charge < -0.3 is 15.2 Å². The SMILES string of the molecule is COc1ccc(N[C@H](c2ccccc2)[C@H](C)CO)cc1.Cl. The predicted octanol–water partition coefficient (Wildman–Crippen LogP) is 3.90. The van der Waals surface area contributed by atoms with Gasteiger partial charge in [-0.25, -0.2) is 0 Å². The summed E-state index contributed by atoms with van der Waals surface area (Å²) in [6, 6.07) is 18.1. The molecule has 0 saturated carbocycles. The zero-order chi connectivity index (χ0) is 14.4. The summed E-state index contributed by atoms with van der Waals surface area (Å²) in [7, 11) is 1.66. The minimum atomic E-state index is 0. The molecule has 2 aromatic carbocycles. The second kappa shape index (κ2) is 8.55. The molecule has 21 heavy (non-hydrogen) atoms. The molecule has 0 heterocycles. The van der Waals surface area contributed by atoms with E-state index in [1.165, 1.54) is 5.56 Å². The third-order valence-electron chi connectivity index (χ3n) is 3.43. The highest BCUT2D eigenvalue weighted by Crippen LogP contribution is 2.27. The lowest BCUT2D eigenvalue weighted by molar-refractivity contribution is 0.222. The van der Waals surface area contributed by atoms with Crippen molar-refractivity contribution < 1.29 is 9.84 Å². The molecule has 2 N–H and O–H groups in total. The number of rotatable bonds is 6. The maximum Gasteiger partial charge on any atom is 0.119 e. The molecule has 2 aromatic rings. The van der Waals surface area contributed by atoms with Crippen LogP contribution in [0.15, 0.2) is 54.6 Å². The van der Waals surface area contributed by atoms with E-state index in [9.17, 15) is 5.11 Å². The Bertz CT molecular complexity index is 516. The van der Waals surface area contributed by atoms with Crippen molar-refractivity contribution in [3.8, 4) is 5.75 Å². The smallest absolute Gasteiger partial charge is 0.119 e. The van der Waals surface area contributed by atoms with Crippen molar-refractivity contribution in [2.24, 2.45) is 5.92 Å². The average Bonchev–Trinajstić information content (AvgIpc) is 2.53. The highest BCUT2D eigenvalue weighted by molar-refractivity contribution is 5.85. The van der Waals surface area contributed by atoms with Crippen molar-refractivity contribution in [2.75, 3.05) is 19.0 Å². The van der Waals surface area contributed by atoms with E-state index in [0.29, 0.717) is 0 Å². The van der Waals surface area contributed by atoms with Gasteiger partial charge in [-0.1, -0.05) is 37.3 Å². The molecule has 0 aliphatic heterocycles. The molecule has 0 saturated heterocycles. The summed E-state index contributed by atoms with van der Waals surface area (Å²) in [5.41, 5.74) is 2.19. The van der Waals surface area contributed by atoms with E-state index >= 15 is 0 Å². The summed E-state index contributed by atoms with van der Waals surface area (Å²) in [4.78, 5) is 0. The number of ether oxygens (including phenoxy) is 1. The number of hydrogen-bond donors (Lipinski definition) is 2. The Hall–Kier alpha value is -1.71. The van der Waals surface area contributed by atoms with Crippen molar-refractivity contribution in [1.29, 1.82) is 0 Å². The molecule has 0 fully saturated rings. The van der Waals surface area contributed by atoms with Gasteiger partial charge in [-0.05, 0) is 29.8 Å². The van der Waals surface area contributed by atoms with E-state index in [2.05, 4.69) is 17.4 Å². The highest BCUT2D eigenvalue weighted by Gasteiger charge is 2.18. The van der Waals surface area contributed by atoms with Gasteiger partial charge in [0.05, 0.1) is 13.2 Å². The molecule has 0 spiro atoms.